The summed E-state index contributed by atoms with van der Waals surface area (Å²) in [5.41, 5.74) is 8.19. The van der Waals surface area contributed by atoms with Crippen LogP contribution in [0.3, 0.4) is 0 Å². The van der Waals surface area contributed by atoms with Crippen molar-refractivity contribution < 1.29 is 0 Å². The minimum Gasteiger partial charge on any atom is -0.365 e. The molecule has 1 aliphatic heterocycles. The van der Waals surface area contributed by atoms with Crippen molar-refractivity contribution in [1.82, 2.24) is 9.88 Å². The Kier molecular flexibility index (Phi) is 4.19. The molecule has 100 valence electrons. The third-order valence-corrected chi connectivity index (χ3v) is 3.75. The highest BCUT2D eigenvalue weighted by Gasteiger charge is 2.21. The number of nitrogens with two attached hydrogens (primary N) is 1. The summed E-state index contributed by atoms with van der Waals surface area (Å²) in [6, 6.07) is 4.81. The van der Waals surface area contributed by atoms with Gasteiger partial charge in [0.05, 0.1) is 17.6 Å². The van der Waals surface area contributed by atoms with E-state index < -0.39 is 0 Å². The third kappa shape index (κ3) is 2.82. The molecule has 1 aromatic heterocycles. The Morgan fingerprint density at radius 1 is 1.44 bits per heavy atom. The maximum Gasteiger partial charge on any atom is 0.0572 e. The first-order valence-corrected chi connectivity index (χ1v) is 6.78. The number of anilines is 1. The zero-order valence-corrected chi connectivity index (χ0v) is 11.6. The highest BCUT2D eigenvalue weighted by molar-refractivity contribution is 5.46. The number of rotatable bonds is 3. The number of likely N-dealkylation sites (N-methyl/N-ethyl adjacent to an activating group) is 1. The van der Waals surface area contributed by atoms with Crippen LogP contribution in [0.5, 0.6) is 0 Å². The van der Waals surface area contributed by atoms with Gasteiger partial charge >= 0.3 is 0 Å². The van der Waals surface area contributed by atoms with Crippen LogP contribution >= 0.6 is 0 Å². The monoisotopic (exact) mass is 248 g/mol. The van der Waals surface area contributed by atoms with Crippen molar-refractivity contribution in [3.8, 4) is 0 Å². The van der Waals surface area contributed by atoms with E-state index in [2.05, 4.69) is 47.8 Å². The Labute approximate surface area is 110 Å². The molecule has 1 saturated heterocycles. The molecule has 0 amide bonds. The van der Waals surface area contributed by atoms with Gasteiger partial charge in [-0.05, 0) is 32.5 Å². The molecule has 0 bridgehead atoms. The summed E-state index contributed by atoms with van der Waals surface area (Å²) in [6.07, 6.45) is 2.89. The summed E-state index contributed by atoms with van der Waals surface area (Å²) in [6.45, 7) is 7.64. The zero-order valence-electron chi connectivity index (χ0n) is 11.6. The van der Waals surface area contributed by atoms with Gasteiger partial charge in [-0.3, -0.25) is 4.98 Å². The SMILES string of the molecule is CCC(N)c1ccc(N2CCN(C)CC2C)cn1. The lowest BCUT2D eigenvalue weighted by atomic mass is 10.1. The summed E-state index contributed by atoms with van der Waals surface area (Å²) >= 11 is 0. The highest BCUT2D eigenvalue weighted by atomic mass is 15.3. The second kappa shape index (κ2) is 5.67. The number of hydrogen-bond acceptors (Lipinski definition) is 4. The van der Waals surface area contributed by atoms with Crippen LogP contribution in [0.25, 0.3) is 0 Å². The molecule has 1 fully saturated rings. The summed E-state index contributed by atoms with van der Waals surface area (Å²) < 4.78 is 0. The molecule has 18 heavy (non-hydrogen) atoms. The summed E-state index contributed by atoms with van der Waals surface area (Å²) in [5, 5.41) is 0. The average Bonchev–Trinajstić information content (AvgIpc) is 2.38. The quantitative estimate of drug-likeness (QED) is 0.883. The molecule has 1 aliphatic rings. The molecule has 0 aromatic carbocycles. The van der Waals surface area contributed by atoms with Crippen LogP contribution in [-0.4, -0.2) is 42.6 Å². The van der Waals surface area contributed by atoms with E-state index >= 15 is 0 Å². The van der Waals surface area contributed by atoms with E-state index in [-0.39, 0.29) is 6.04 Å². The molecule has 2 N–H and O–H groups in total. The van der Waals surface area contributed by atoms with Gasteiger partial charge in [-0.25, -0.2) is 0 Å². The molecule has 1 aromatic rings. The first-order valence-electron chi connectivity index (χ1n) is 6.78. The van der Waals surface area contributed by atoms with Gasteiger partial charge < -0.3 is 15.5 Å². The molecule has 0 saturated carbocycles. The van der Waals surface area contributed by atoms with Crippen molar-refractivity contribution in [2.24, 2.45) is 5.73 Å². The molecule has 2 rings (SSSR count). The van der Waals surface area contributed by atoms with E-state index in [1.54, 1.807) is 0 Å². The summed E-state index contributed by atoms with van der Waals surface area (Å²) in [5.74, 6) is 0. The van der Waals surface area contributed by atoms with Crippen molar-refractivity contribution in [2.75, 3.05) is 31.6 Å². The van der Waals surface area contributed by atoms with E-state index in [0.717, 1.165) is 31.7 Å². The molecule has 4 nitrogen and oxygen atoms in total. The number of hydrogen-bond donors (Lipinski definition) is 1. The van der Waals surface area contributed by atoms with Gasteiger partial charge in [0.15, 0.2) is 0 Å². The maximum absolute atomic E-state index is 5.99. The van der Waals surface area contributed by atoms with Crippen LogP contribution in [0.1, 0.15) is 32.0 Å². The molecule has 0 spiro atoms. The summed E-state index contributed by atoms with van der Waals surface area (Å²) in [7, 11) is 2.18. The maximum atomic E-state index is 5.99. The number of piperazine rings is 1. The smallest absolute Gasteiger partial charge is 0.0572 e. The average molecular weight is 248 g/mol. The molecule has 0 aliphatic carbocycles. The van der Waals surface area contributed by atoms with Crippen LogP contribution in [0, 0.1) is 0 Å². The van der Waals surface area contributed by atoms with E-state index in [1.807, 2.05) is 6.20 Å². The fourth-order valence-corrected chi connectivity index (χ4v) is 2.52. The normalized spacial score (nSPS) is 23.1. The van der Waals surface area contributed by atoms with Gasteiger partial charge in [0.25, 0.3) is 0 Å². The van der Waals surface area contributed by atoms with E-state index in [1.165, 1.54) is 5.69 Å². The zero-order chi connectivity index (χ0) is 13.1. The Morgan fingerprint density at radius 2 is 2.22 bits per heavy atom. The predicted octanol–water partition coefficient (Wildman–Crippen LogP) is 1.63. The van der Waals surface area contributed by atoms with Gasteiger partial charge in [0.2, 0.25) is 0 Å². The standard InChI is InChI=1S/C14H24N4/c1-4-13(15)14-6-5-12(9-16-14)18-8-7-17(3)10-11(18)2/h5-6,9,11,13H,4,7-8,10,15H2,1-3H3. The molecule has 4 heteroatoms. The van der Waals surface area contributed by atoms with Gasteiger partial charge in [0, 0.05) is 31.7 Å². The van der Waals surface area contributed by atoms with Gasteiger partial charge in [-0.1, -0.05) is 6.92 Å². The van der Waals surface area contributed by atoms with E-state index in [4.69, 9.17) is 5.73 Å². The van der Waals surface area contributed by atoms with Crippen LogP contribution in [0.4, 0.5) is 5.69 Å². The first-order chi connectivity index (χ1) is 8.61. The van der Waals surface area contributed by atoms with Crippen LogP contribution in [-0.2, 0) is 0 Å². The Hall–Kier alpha value is -1.13. The van der Waals surface area contributed by atoms with Crippen molar-refractivity contribution in [1.29, 1.82) is 0 Å². The molecular weight excluding hydrogens is 224 g/mol. The minimum absolute atomic E-state index is 0.0592. The Morgan fingerprint density at radius 3 is 2.78 bits per heavy atom. The molecular formula is C14H24N4. The van der Waals surface area contributed by atoms with Crippen LogP contribution in [0.2, 0.25) is 0 Å². The van der Waals surface area contributed by atoms with E-state index in [9.17, 15) is 0 Å². The van der Waals surface area contributed by atoms with Gasteiger partial charge in [-0.15, -0.1) is 0 Å². The van der Waals surface area contributed by atoms with Gasteiger partial charge in [-0.2, -0.15) is 0 Å². The lowest BCUT2D eigenvalue weighted by Crippen LogP contribution is -2.50. The van der Waals surface area contributed by atoms with Crippen molar-refractivity contribution in [3.63, 3.8) is 0 Å². The second-order valence-electron chi connectivity index (χ2n) is 5.26. The number of aromatic nitrogens is 1. The van der Waals surface area contributed by atoms with Crippen molar-refractivity contribution in [3.05, 3.63) is 24.0 Å². The largest absolute Gasteiger partial charge is 0.365 e. The Balaban J connectivity index is 2.09. The lowest BCUT2D eigenvalue weighted by Gasteiger charge is -2.39. The van der Waals surface area contributed by atoms with Crippen LogP contribution in [0.15, 0.2) is 18.3 Å². The predicted molar refractivity (Wildman–Crippen MR) is 75.8 cm³/mol. The Bertz CT molecular complexity index is 376. The fourth-order valence-electron chi connectivity index (χ4n) is 2.52. The highest BCUT2D eigenvalue weighted by Crippen LogP contribution is 2.21. The number of nitrogens with zero attached hydrogens (tertiary/aromatic N) is 3. The first kappa shape index (κ1) is 13.3. The molecule has 2 unspecified atom stereocenters. The molecule has 0 radical (unpaired) electrons. The number of pyridine rings is 1. The topological polar surface area (TPSA) is 45.4 Å². The third-order valence-electron chi connectivity index (χ3n) is 3.75. The van der Waals surface area contributed by atoms with Crippen LogP contribution < -0.4 is 10.6 Å². The lowest BCUT2D eigenvalue weighted by molar-refractivity contribution is 0.275. The van der Waals surface area contributed by atoms with Crippen molar-refractivity contribution in [2.45, 2.75) is 32.4 Å². The van der Waals surface area contributed by atoms with Gasteiger partial charge in [0.1, 0.15) is 0 Å². The molecule has 2 heterocycles. The fraction of sp³-hybridized carbons (Fsp3) is 0.643. The molecule has 2 atom stereocenters. The van der Waals surface area contributed by atoms with Crippen molar-refractivity contribution >= 4 is 5.69 Å². The minimum atomic E-state index is 0.0592. The van der Waals surface area contributed by atoms with E-state index in [0.29, 0.717) is 6.04 Å². The summed E-state index contributed by atoms with van der Waals surface area (Å²) in [4.78, 5) is 9.29. The second-order valence-corrected chi connectivity index (χ2v) is 5.26.